The molecule has 0 spiro atoms. The van der Waals surface area contributed by atoms with Gasteiger partial charge in [-0.1, -0.05) is 62.5 Å². The number of rotatable bonds is 4. The largest absolute Gasteiger partial charge is 0.493 e. The van der Waals surface area contributed by atoms with Crippen LogP contribution in [-0.2, 0) is 4.79 Å². The number of imidazole rings is 1. The molecule has 2 aromatic rings. The molecule has 3 rings (SSSR count). The van der Waals surface area contributed by atoms with Crippen LogP contribution in [0.15, 0.2) is 0 Å². The van der Waals surface area contributed by atoms with Crippen LogP contribution in [0.3, 0.4) is 0 Å². The molecule has 0 aliphatic heterocycles. The number of nitrogens with zero attached hydrogens (tertiary/aromatic N) is 2. The molecule has 28 heavy (non-hydrogen) atoms. The van der Waals surface area contributed by atoms with E-state index < -0.39 is 0 Å². The number of ketones is 1. The van der Waals surface area contributed by atoms with Gasteiger partial charge in [-0.15, -0.1) is 0 Å². The Kier molecular flexibility index (Phi) is 7.69. The molecular formula is C21H29Cl3N2O2. The van der Waals surface area contributed by atoms with Gasteiger partial charge in [-0.2, -0.15) is 0 Å². The molecule has 156 valence electrons. The van der Waals surface area contributed by atoms with Crippen molar-refractivity contribution < 1.29 is 9.53 Å². The monoisotopic (exact) mass is 446 g/mol. The van der Waals surface area contributed by atoms with E-state index >= 15 is 0 Å². The lowest BCUT2D eigenvalue weighted by Gasteiger charge is -2.29. The summed E-state index contributed by atoms with van der Waals surface area (Å²) >= 11 is 18.6. The number of methoxy groups -OCH3 is 1. The fourth-order valence-corrected chi connectivity index (χ4v) is 4.02. The van der Waals surface area contributed by atoms with Crippen molar-refractivity contribution in [3.8, 4) is 5.75 Å². The van der Waals surface area contributed by atoms with E-state index in [1.807, 2.05) is 13.8 Å². The van der Waals surface area contributed by atoms with Gasteiger partial charge in [0, 0.05) is 18.9 Å². The van der Waals surface area contributed by atoms with Crippen LogP contribution in [0.2, 0.25) is 15.1 Å². The van der Waals surface area contributed by atoms with Gasteiger partial charge in [-0.05, 0) is 31.6 Å². The molecule has 1 aromatic carbocycles. The Morgan fingerprint density at radius 2 is 1.79 bits per heavy atom. The summed E-state index contributed by atoms with van der Waals surface area (Å²) in [5, 5.41) is 1.04. The smallest absolute Gasteiger partial charge is 0.165 e. The maximum atomic E-state index is 10.8. The zero-order valence-corrected chi connectivity index (χ0v) is 19.7. The summed E-state index contributed by atoms with van der Waals surface area (Å²) in [4.78, 5) is 15.4. The molecule has 1 heterocycles. The Hall–Kier alpha value is -0.970. The van der Waals surface area contributed by atoms with E-state index in [0.717, 1.165) is 24.2 Å². The number of fused-ring (bicyclic) bond motifs is 1. The van der Waals surface area contributed by atoms with Gasteiger partial charge in [0.05, 0.1) is 17.2 Å². The molecule has 1 aliphatic carbocycles. The minimum atomic E-state index is 0.174. The summed E-state index contributed by atoms with van der Waals surface area (Å²) in [6.45, 7) is 10.1. The van der Waals surface area contributed by atoms with Crippen molar-refractivity contribution in [3.63, 3.8) is 0 Å². The number of aromatic nitrogens is 2. The normalized spacial score (nSPS) is 14.5. The second kappa shape index (κ2) is 9.23. The van der Waals surface area contributed by atoms with E-state index in [0.29, 0.717) is 51.0 Å². The van der Waals surface area contributed by atoms with Crippen molar-refractivity contribution in [1.29, 1.82) is 0 Å². The van der Waals surface area contributed by atoms with Gasteiger partial charge in [-0.25, -0.2) is 4.98 Å². The van der Waals surface area contributed by atoms with Crippen molar-refractivity contribution in [1.82, 2.24) is 9.55 Å². The molecule has 7 heteroatoms. The Morgan fingerprint density at radius 1 is 1.18 bits per heavy atom. The topological polar surface area (TPSA) is 44.1 Å². The number of hydrogen-bond acceptors (Lipinski definition) is 3. The molecule has 0 bridgehead atoms. The molecule has 0 atom stereocenters. The summed E-state index contributed by atoms with van der Waals surface area (Å²) in [5.74, 6) is 1.83. The molecule has 0 amide bonds. The van der Waals surface area contributed by atoms with Crippen LogP contribution < -0.4 is 4.74 Å². The first-order chi connectivity index (χ1) is 13.0. The Bertz CT molecular complexity index is 865. The Labute approximate surface area is 182 Å². The molecule has 0 saturated heterocycles. The van der Waals surface area contributed by atoms with Crippen molar-refractivity contribution in [2.45, 2.75) is 72.8 Å². The van der Waals surface area contributed by atoms with Gasteiger partial charge >= 0.3 is 0 Å². The van der Waals surface area contributed by atoms with Gasteiger partial charge in [0.15, 0.2) is 5.75 Å². The summed E-state index contributed by atoms with van der Waals surface area (Å²) in [6.07, 6.45) is 4.92. The quantitative estimate of drug-likeness (QED) is 0.457. The predicted molar refractivity (Wildman–Crippen MR) is 118 cm³/mol. The maximum absolute atomic E-state index is 10.8. The third-order valence-electron chi connectivity index (χ3n) is 4.86. The molecule has 0 unspecified atom stereocenters. The molecule has 1 aromatic heterocycles. The van der Waals surface area contributed by atoms with E-state index in [9.17, 15) is 4.79 Å². The Balaban J connectivity index is 0.000000266. The fourth-order valence-electron chi connectivity index (χ4n) is 3.31. The summed E-state index contributed by atoms with van der Waals surface area (Å²) in [7, 11) is 1.58. The highest BCUT2D eigenvalue weighted by Crippen LogP contribution is 2.47. The average Bonchev–Trinajstić information content (AvgIpc) is 2.88. The van der Waals surface area contributed by atoms with Crippen LogP contribution >= 0.6 is 34.8 Å². The first-order valence-corrected chi connectivity index (χ1v) is 10.8. The van der Waals surface area contributed by atoms with Gasteiger partial charge < -0.3 is 9.30 Å². The lowest BCUT2D eigenvalue weighted by Crippen LogP contribution is -2.18. The van der Waals surface area contributed by atoms with Gasteiger partial charge in [0.25, 0.3) is 0 Å². The average molecular weight is 448 g/mol. The highest BCUT2D eigenvalue weighted by Gasteiger charge is 2.28. The van der Waals surface area contributed by atoms with E-state index in [1.165, 1.54) is 6.42 Å². The predicted octanol–water partition coefficient (Wildman–Crippen LogP) is 7.44. The molecule has 1 aliphatic rings. The van der Waals surface area contributed by atoms with E-state index in [4.69, 9.17) is 39.5 Å². The molecular weight excluding hydrogens is 419 g/mol. The number of benzene rings is 1. The molecule has 0 radical (unpaired) electrons. The summed E-state index contributed by atoms with van der Waals surface area (Å²) < 4.78 is 7.60. The number of carbonyl (C=O) groups excluding carboxylic acids is 1. The van der Waals surface area contributed by atoms with Crippen molar-refractivity contribution >= 4 is 51.6 Å². The summed E-state index contributed by atoms with van der Waals surface area (Å²) in [6, 6.07) is 0.451. The van der Waals surface area contributed by atoms with Crippen molar-refractivity contribution in [2.75, 3.05) is 7.11 Å². The maximum Gasteiger partial charge on any atom is 0.165 e. The number of hydrogen-bond donors (Lipinski definition) is 0. The van der Waals surface area contributed by atoms with Gasteiger partial charge in [0.2, 0.25) is 0 Å². The zero-order valence-electron chi connectivity index (χ0n) is 17.5. The standard InChI is InChI=1S/C13H13Cl3N2O.C8H16O/c1-6-17-11-9(15)8(14)10(16)13(19-2)12(11)18(6)7-4-3-5-7;1-5-7(9)6-8(2,3)4/h7H,3-5H2,1-2H3;5-6H2,1-4H3. The third kappa shape index (κ3) is 4.95. The highest BCUT2D eigenvalue weighted by atomic mass is 35.5. The molecule has 0 N–H and O–H groups in total. The first-order valence-electron chi connectivity index (χ1n) is 9.62. The third-order valence-corrected chi connectivity index (χ3v) is 6.16. The SMILES string of the molecule is CCC(=O)CC(C)(C)C.COc1c(Cl)c(Cl)c(Cl)c2nc(C)n(C3CCC3)c12. The van der Waals surface area contributed by atoms with Crippen LogP contribution in [0, 0.1) is 12.3 Å². The fraction of sp³-hybridized carbons (Fsp3) is 0.619. The van der Waals surface area contributed by atoms with Gasteiger partial charge in [0.1, 0.15) is 27.7 Å². The summed E-state index contributed by atoms with van der Waals surface area (Å²) in [5.41, 5.74) is 1.69. The number of Topliss-reactive ketones (excluding diaryl/α,β-unsaturated/α-hetero) is 1. The second-order valence-corrected chi connectivity index (χ2v) is 9.55. The van der Waals surface area contributed by atoms with Crippen molar-refractivity contribution in [2.24, 2.45) is 5.41 Å². The Morgan fingerprint density at radius 3 is 2.18 bits per heavy atom. The van der Waals surface area contributed by atoms with Crippen LogP contribution in [0.4, 0.5) is 0 Å². The minimum Gasteiger partial charge on any atom is -0.493 e. The molecule has 1 saturated carbocycles. The second-order valence-electron chi connectivity index (χ2n) is 8.42. The zero-order chi connectivity index (χ0) is 21.2. The molecule has 4 nitrogen and oxygen atoms in total. The van der Waals surface area contributed by atoms with Crippen LogP contribution in [0.1, 0.15) is 71.7 Å². The van der Waals surface area contributed by atoms with Gasteiger partial charge in [-0.3, -0.25) is 4.79 Å². The number of aryl methyl sites for hydroxylation is 1. The van der Waals surface area contributed by atoms with Crippen LogP contribution in [-0.4, -0.2) is 22.4 Å². The highest BCUT2D eigenvalue weighted by molar-refractivity contribution is 6.51. The first kappa shape index (κ1) is 23.3. The van der Waals surface area contributed by atoms with E-state index in [1.54, 1.807) is 7.11 Å². The number of carbonyl (C=O) groups is 1. The molecule has 1 fully saturated rings. The van der Waals surface area contributed by atoms with Crippen LogP contribution in [0.25, 0.3) is 11.0 Å². The van der Waals surface area contributed by atoms with Crippen LogP contribution in [0.5, 0.6) is 5.75 Å². The number of halogens is 3. The van der Waals surface area contributed by atoms with E-state index in [-0.39, 0.29) is 5.41 Å². The van der Waals surface area contributed by atoms with E-state index in [2.05, 4.69) is 30.3 Å². The lowest BCUT2D eigenvalue weighted by molar-refractivity contribution is -0.120. The number of ether oxygens (including phenoxy) is 1. The minimum absolute atomic E-state index is 0.174. The van der Waals surface area contributed by atoms with Crippen molar-refractivity contribution in [3.05, 3.63) is 20.9 Å². The lowest BCUT2D eigenvalue weighted by atomic mass is 9.89.